The first kappa shape index (κ1) is 26.4. The number of nitrogens with one attached hydrogen (secondary N) is 2. The number of hydrogen-bond donors (Lipinski definition) is 3. The maximum Gasteiger partial charge on any atom is 0.250 e. The van der Waals surface area contributed by atoms with E-state index < -0.39 is 0 Å². The molecule has 36 heavy (non-hydrogen) atoms. The van der Waals surface area contributed by atoms with Crippen LogP contribution < -0.4 is 20.7 Å². The topological polar surface area (TPSA) is 120 Å². The minimum Gasteiger partial charge on any atom is -0.496 e. The van der Waals surface area contributed by atoms with Gasteiger partial charge in [0.2, 0.25) is 5.91 Å². The predicted octanol–water partition coefficient (Wildman–Crippen LogP) is 3.92. The van der Waals surface area contributed by atoms with Crippen molar-refractivity contribution < 1.29 is 9.53 Å². The van der Waals surface area contributed by atoms with Gasteiger partial charge in [-0.2, -0.15) is 0 Å². The molecule has 0 aliphatic rings. The number of anilines is 4. The Kier molecular flexibility index (Phi) is 8.39. The quantitative estimate of drug-likeness (QED) is 0.309. The van der Waals surface area contributed by atoms with Gasteiger partial charge in [0.1, 0.15) is 23.7 Å². The van der Waals surface area contributed by atoms with Gasteiger partial charge in [-0.1, -0.05) is 24.3 Å². The second-order valence-electron chi connectivity index (χ2n) is 8.68. The molecule has 0 radical (unpaired) electrons. The molecule has 0 saturated carbocycles. The van der Waals surface area contributed by atoms with Gasteiger partial charge in [-0.25, -0.2) is 9.97 Å². The maximum absolute atomic E-state index is 12.7. The number of nitrogens with two attached hydrogens (primary N) is 1. The van der Waals surface area contributed by atoms with E-state index >= 15 is 0 Å². The van der Waals surface area contributed by atoms with Crippen LogP contribution in [0.4, 0.5) is 23.0 Å². The molecule has 1 heterocycles. The van der Waals surface area contributed by atoms with E-state index in [4.69, 9.17) is 15.9 Å². The summed E-state index contributed by atoms with van der Waals surface area (Å²) >= 11 is 0. The van der Waals surface area contributed by atoms with Crippen LogP contribution in [-0.4, -0.2) is 61.3 Å². The molecule has 9 nitrogen and oxygen atoms in total. The summed E-state index contributed by atoms with van der Waals surface area (Å²) in [5.74, 6) is 1.13. The molecule has 1 aromatic heterocycles. The molecular formula is C27H33N7O2. The SMILES string of the molecule is COc1cc(C(=N)c2c(N)ncnc2Nc2cccc(N(C)C(=O)/C=C/CN(C)C)c2C)ccc1C. The Morgan fingerprint density at radius 2 is 1.92 bits per heavy atom. The number of carbonyl (C=O) groups is 1. The highest BCUT2D eigenvalue weighted by Gasteiger charge is 2.19. The lowest BCUT2D eigenvalue weighted by Crippen LogP contribution is -2.25. The largest absolute Gasteiger partial charge is 0.496 e. The van der Waals surface area contributed by atoms with E-state index in [2.05, 4.69) is 15.3 Å². The molecular weight excluding hydrogens is 454 g/mol. The Bertz CT molecular complexity index is 1300. The summed E-state index contributed by atoms with van der Waals surface area (Å²) in [6.07, 6.45) is 4.76. The van der Waals surface area contributed by atoms with Gasteiger partial charge in [-0.15, -0.1) is 0 Å². The van der Waals surface area contributed by atoms with E-state index in [1.165, 1.54) is 6.33 Å². The van der Waals surface area contributed by atoms with E-state index in [1.807, 2.05) is 69.3 Å². The van der Waals surface area contributed by atoms with Crippen LogP contribution in [0.2, 0.25) is 0 Å². The zero-order valence-corrected chi connectivity index (χ0v) is 21.6. The van der Waals surface area contributed by atoms with Gasteiger partial charge in [0.05, 0.1) is 18.4 Å². The van der Waals surface area contributed by atoms with Gasteiger partial charge in [0.15, 0.2) is 0 Å². The van der Waals surface area contributed by atoms with Crippen molar-refractivity contribution in [2.75, 3.05) is 50.7 Å². The number of nitrogens with zero attached hydrogens (tertiary/aromatic N) is 4. The first-order valence-corrected chi connectivity index (χ1v) is 11.4. The van der Waals surface area contributed by atoms with Crippen LogP contribution in [0.15, 0.2) is 54.9 Å². The number of rotatable bonds is 9. The monoisotopic (exact) mass is 487 g/mol. The van der Waals surface area contributed by atoms with Crippen molar-refractivity contribution in [2.45, 2.75) is 13.8 Å². The van der Waals surface area contributed by atoms with Gasteiger partial charge in [0, 0.05) is 36.6 Å². The number of methoxy groups -OCH3 is 1. The smallest absolute Gasteiger partial charge is 0.250 e. The molecule has 3 rings (SSSR count). The number of aryl methyl sites for hydroxylation is 1. The Morgan fingerprint density at radius 1 is 1.17 bits per heavy atom. The Hall–Kier alpha value is -4.24. The number of likely N-dealkylation sites (N-methyl/N-ethyl adjacent to an activating group) is 2. The van der Waals surface area contributed by atoms with E-state index in [0.717, 1.165) is 22.5 Å². The molecule has 3 aromatic rings. The fourth-order valence-electron chi connectivity index (χ4n) is 3.70. The summed E-state index contributed by atoms with van der Waals surface area (Å²) < 4.78 is 5.42. The molecule has 0 atom stereocenters. The average molecular weight is 488 g/mol. The average Bonchev–Trinajstić information content (AvgIpc) is 2.84. The van der Waals surface area contributed by atoms with Gasteiger partial charge < -0.3 is 25.6 Å². The minimum atomic E-state index is -0.126. The minimum absolute atomic E-state index is 0.126. The molecule has 0 spiro atoms. The first-order valence-electron chi connectivity index (χ1n) is 11.4. The molecule has 0 fully saturated rings. The summed E-state index contributed by atoms with van der Waals surface area (Å²) in [4.78, 5) is 24.8. The number of amides is 1. The highest BCUT2D eigenvalue weighted by Crippen LogP contribution is 2.31. The van der Waals surface area contributed by atoms with Crippen LogP contribution in [-0.2, 0) is 4.79 Å². The van der Waals surface area contributed by atoms with Crippen LogP contribution in [0.5, 0.6) is 5.75 Å². The zero-order valence-electron chi connectivity index (χ0n) is 21.6. The van der Waals surface area contributed by atoms with Crippen LogP contribution in [0.3, 0.4) is 0 Å². The summed E-state index contributed by atoms with van der Waals surface area (Å²) in [5, 5.41) is 12.2. The van der Waals surface area contributed by atoms with Crippen LogP contribution in [0.25, 0.3) is 0 Å². The normalized spacial score (nSPS) is 11.1. The van der Waals surface area contributed by atoms with Crippen molar-refractivity contribution in [3.63, 3.8) is 0 Å². The summed E-state index contributed by atoms with van der Waals surface area (Å²) in [6.45, 7) is 4.54. The highest BCUT2D eigenvalue weighted by atomic mass is 16.5. The van der Waals surface area contributed by atoms with E-state index in [-0.39, 0.29) is 17.4 Å². The molecule has 0 bridgehead atoms. The highest BCUT2D eigenvalue weighted by molar-refractivity contribution is 6.16. The third-order valence-corrected chi connectivity index (χ3v) is 5.80. The second-order valence-corrected chi connectivity index (χ2v) is 8.68. The van der Waals surface area contributed by atoms with Crippen molar-refractivity contribution >= 4 is 34.6 Å². The summed E-state index contributed by atoms with van der Waals surface area (Å²) in [7, 11) is 7.23. The first-order chi connectivity index (χ1) is 17.1. The molecule has 1 amide bonds. The number of hydrogen-bond acceptors (Lipinski definition) is 8. The third-order valence-electron chi connectivity index (χ3n) is 5.80. The molecule has 4 N–H and O–H groups in total. The number of carbonyl (C=O) groups excluding carboxylic acids is 1. The van der Waals surface area contributed by atoms with Gasteiger partial charge >= 0.3 is 0 Å². The lowest BCUT2D eigenvalue weighted by molar-refractivity contribution is -0.113. The van der Waals surface area contributed by atoms with Crippen molar-refractivity contribution in [3.8, 4) is 5.75 Å². The Morgan fingerprint density at radius 3 is 2.61 bits per heavy atom. The van der Waals surface area contributed by atoms with Gasteiger partial charge in [-0.05, 0) is 57.3 Å². The predicted molar refractivity (Wildman–Crippen MR) is 146 cm³/mol. The molecule has 188 valence electrons. The van der Waals surface area contributed by atoms with Crippen molar-refractivity contribution in [3.05, 3.63) is 77.1 Å². The summed E-state index contributed by atoms with van der Waals surface area (Å²) in [6, 6.07) is 11.2. The van der Waals surface area contributed by atoms with E-state index in [1.54, 1.807) is 31.2 Å². The van der Waals surface area contributed by atoms with Crippen LogP contribution >= 0.6 is 0 Å². The fourth-order valence-corrected chi connectivity index (χ4v) is 3.70. The van der Waals surface area contributed by atoms with Crippen molar-refractivity contribution in [2.24, 2.45) is 0 Å². The maximum atomic E-state index is 12.7. The Labute approximate surface area is 212 Å². The number of aromatic nitrogens is 2. The lowest BCUT2D eigenvalue weighted by atomic mass is 10.0. The molecule has 0 aliphatic heterocycles. The number of ether oxygens (including phenoxy) is 1. The zero-order chi connectivity index (χ0) is 26.4. The van der Waals surface area contributed by atoms with Crippen LogP contribution in [0, 0.1) is 19.3 Å². The van der Waals surface area contributed by atoms with Gasteiger partial charge in [0.25, 0.3) is 0 Å². The molecule has 0 aliphatic carbocycles. The molecule has 2 aromatic carbocycles. The molecule has 9 heteroatoms. The van der Waals surface area contributed by atoms with Gasteiger partial charge in [-0.3, -0.25) is 10.2 Å². The van der Waals surface area contributed by atoms with Crippen LogP contribution in [0.1, 0.15) is 22.3 Å². The molecule has 0 unspecified atom stereocenters. The van der Waals surface area contributed by atoms with E-state index in [0.29, 0.717) is 29.2 Å². The number of benzene rings is 2. The summed E-state index contributed by atoms with van der Waals surface area (Å²) in [5.41, 5.74) is 10.7. The van der Waals surface area contributed by atoms with Crippen molar-refractivity contribution in [1.29, 1.82) is 5.41 Å². The fraction of sp³-hybridized carbons (Fsp3) is 0.259. The van der Waals surface area contributed by atoms with E-state index in [9.17, 15) is 4.79 Å². The Balaban J connectivity index is 1.94. The number of nitrogen functional groups attached to an aromatic ring is 1. The molecule has 0 saturated heterocycles. The third kappa shape index (κ3) is 5.87. The standard InChI is InChI=1S/C27H33N7O2/c1-17-12-13-19(15-22(17)36-6)25(28)24-26(29)30-16-31-27(24)32-20-9-7-10-21(18(20)2)34(5)23(35)11-8-14-33(3)4/h7-13,15-16,28H,14H2,1-6H3,(H3,29,30,31,32)/b11-8+,28-25?. The van der Waals surface area contributed by atoms with Crippen molar-refractivity contribution in [1.82, 2.24) is 14.9 Å². The lowest BCUT2D eigenvalue weighted by Gasteiger charge is -2.21. The second kappa shape index (κ2) is 11.5.